The van der Waals surface area contributed by atoms with Crippen molar-refractivity contribution in [3.05, 3.63) is 58.4 Å². The summed E-state index contributed by atoms with van der Waals surface area (Å²) in [6, 6.07) is 8.21. The minimum atomic E-state index is -0.741. The van der Waals surface area contributed by atoms with Gasteiger partial charge in [-0.15, -0.1) is 0 Å². The number of nitrogens with zero attached hydrogens (tertiary/aromatic N) is 2. The van der Waals surface area contributed by atoms with E-state index >= 15 is 0 Å². The van der Waals surface area contributed by atoms with Crippen LogP contribution in [0, 0.1) is 20.8 Å². The predicted molar refractivity (Wildman–Crippen MR) is 113 cm³/mol. The van der Waals surface area contributed by atoms with Crippen molar-refractivity contribution in [1.29, 1.82) is 0 Å². The van der Waals surface area contributed by atoms with Crippen molar-refractivity contribution in [2.45, 2.75) is 46.3 Å². The number of ether oxygens (including phenoxy) is 1. The van der Waals surface area contributed by atoms with Gasteiger partial charge in [0.2, 0.25) is 0 Å². The Morgan fingerprint density at radius 2 is 1.87 bits per heavy atom. The first-order chi connectivity index (χ1) is 14.3. The topological polar surface area (TPSA) is 80.6 Å². The maximum absolute atomic E-state index is 13.1. The number of carbonyl (C=O) groups is 3. The van der Waals surface area contributed by atoms with Gasteiger partial charge in [0.15, 0.2) is 0 Å². The summed E-state index contributed by atoms with van der Waals surface area (Å²) in [6.07, 6.45) is 3.85. The molecule has 7 nitrogen and oxygen atoms in total. The van der Waals surface area contributed by atoms with E-state index < -0.39 is 17.8 Å². The van der Waals surface area contributed by atoms with Gasteiger partial charge in [-0.05, 0) is 63.5 Å². The molecule has 0 saturated carbocycles. The van der Waals surface area contributed by atoms with Crippen LogP contribution in [0.25, 0.3) is 6.08 Å². The van der Waals surface area contributed by atoms with E-state index in [1.54, 1.807) is 18.2 Å². The number of hydrogen-bond donors (Lipinski definition) is 1. The molecule has 4 amide bonds. The summed E-state index contributed by atoms with van der Waals surface area (Å²) >= 11 is 0. The first kappa shape index (κ1) is 20.1. The van der Waals surface area contributed by atoms with Crippen LogP contribution in [-0.2, 0) is 20.9 Å². The zero-order chi connectivity index (χ0) is 21.4. The number of aryl methyl sites for hydroxylation is 2. The highest BCUT2D eigenvalue weighted by Crippen LogP contribution is 2.25. The van der Waals surface area contributed by atoms with Crippen molar-refractivity contribution in [3.63, 3.8) is 0 Å². The molecule has 0 bridgehead atoms. The highest BCUT2D eigenvalue weighted by Gasteiger charge is 2.37. The molecule has 0 radical (unpaired) electrons. The number of carbonyl (C=O) groups excluding carboxylic acids is 3. The number of imide groups is 2. The Labute approximate surface area is 175 Å². The largest absolute Gasteiger partial charge is 0.376 e. The molecular weight excluding hydrogens is 382 g/mol. The summed E-state index contributed by atoms with van der Waals surface area (Å²) < 4.78 is 7.89. The zero-order valence-electron chi connectivity index (χ0n) is 17.4. The van der Waals surface area contributed by atoms with Crippen molar-refractivity contribution in [2.75, 3.05) is 11.5 Å². The Morgan fingerprint density at radius 3 is 2.53 bits per heavy atom. The Hall–Kier alpha value is -3.19. The molecule has 0 spiro atoms. The average Bonchev–Trinajstić information content (AvgIpc) is 3.30. The monoisotopic (exact) mass is 407 g/mol. The molecule has 1 N–H and O–H groups in total. The van der Waals surface area contributed by atoms with Crippen molar-refractivity contribution in [1.82, 2.24) is 9.88 Å². The van der Waals surface area contributed by atoms with Gasteiger partial charge in [-0.3, -0.25) is 14.9 Å². The van der Waals surface area contributed by atoms with E-state index in [2.05, 4.69) is 9.88 Å². The fraction of sp³-hybridized carbons (Fsp3) is 0.348. The van der Waals surface area contributed by atoms with Gasteiger partial charge in [-0.2, -0.15) is 0 Å². The van der Waals surface area contributed by atoms with Crippen molar-refractivity contribution >= 4 is 29.6 Å². The highest BCUT2D eigenvalue weighted by atomic mass is 16.5. The Balaban J connectivity index is 1.66. The van der Waals surface area contributed by atoms with E-state index in [-0.39, 0.29) is 11.7 Å². The smallest absolute Gasteiger partial charge is 0.335 e. The van der Waals surface area contributed by atoms with Crippen LogP contribution in [0.4, 0.5) is 10.5 Å². The van der Waals surface area contributed by atoms with Gasteiger partial charge in [0.25, 0.3) is 11.8 Å². The van der Waals surface area contributed by atoms with Crippen LogP contribution in [0.2, 0.25) is 0 Å². The lowest BCUT2D eigenvalue weighted by atomic mass is 10.1. The van der Waals surface area contributed by atoms with E-state index in [9.17, 15) is 14.4 Å². The van der Waals surface area contributed by atoms with Crippen molar-refractivity contribution in [3.8, 4) is 0 Å². The summed E-state index contributed by atoms with van der Waals surface area (Å²) in [6.45, 7) is 7.41. The average molecular weight is 407 g/mol. The quantitative estimate of drug-likeness (QED) is 0.623. The number of amides is 4. The molecule has 30 heavy (non-hydrogen) atoms. The molecule has 1 aromatic heterocycles. The second kappa shape index (κ2) is 7.91. The summed E-state index contributed by atoms with van der Waals surface area (Å²) in [5, 5.41) is 2.27. The van der Waals surface area contributed by atoms with Crippen molar-refractivity contribution in [2.24, 2.45) is 0 Å². The first-order valence-electron chi connectivity index (χ1n) is 10.1. The fourth-order valence-corrected chi connectivity index (χ4v) is 3.99. The molecule has 1 atom stereocenters. The molecule has 2 aliphatic rings. The van der Waals surface area contributed by atoms with Crippen LogP contribution in [0.3, 0.4) is 0 Å². The van der Waals surface area contributed by atoms with Gasteiger partial charge in [0, 0.05) is 24.5 Å². The molecule has 156 valence electrons. The maximum Gasteiger partial charge on any atom is 0.335 e. The van der Waals surface area contributed by atoms with Gasteiger partial charge in [0.1, 0.15) is 5.57 Å². The molecule has 2 aromatic rings. The maximum atomic E-state index is 13.1. The number of anilines is 1. The van der Waals surface area contributed by atoms with E-state index in [1.165, 1.54) is 0 Å². The van der Waals surface area contributed by atoms with E-state index in [0.717, 1.165) is 53.4 Å². The number of barbiturate groups is 1. The highest BCUT2D eigenvalue weighted by molar-refractivity contribution is 6.39. The third-order valence-electron chi connectivity index (χ3n) is 5.72. The number of benzene rings is 1. The molecule has 0 aliphatic carbocycles. The standard InChI is InChI=1S/C23H25N3O4/c1-14-6-8-18(9-7-14)26-22(28)20(21(27)24-23(26)29)12-17-11-15(2)25(16(17)3)13-19-5-4-10-30-19/h6-9,11-12,19H,4-5,10,13H2,1-3H3,(H,24,27,29)/b20-12+/t19-/m0/s1. The van der Waals surface area contributed by atoms with Gasteiger partial charge < -0.3 is 9.30 Å². The summed E-state index contributed by atoms with van der Waals surface area (Å²) in [5.41, 5.74) is 4.13. The molecule has 2 aliphatic heterocycles. The van der Waals surface area contributed by atoms with Crippen molar-refractivity contribution < 1.29 is 19.1 Å². The van der Waals surface area contributed by atoms with Crippen LogP contribution < -0.4 is 10.2 Å². The lowest BCUT2D eigenvalue weighted by Crippen LogP contribution is -2.54. The normalized spacial score (nSPS) is 20.9. The lowest BCUT2D eigenvalue weighted by Gasteiger charge is -2.26. The second-order valence-corrected chi connectivity index (χ2v) is 7.87. The number of rotatable bonds is 4. The molecular formula is C23H25N3O4. The van der Waals surface area contributed by atoms with Crippen LogP contribution >= 0.6 is 0 Å². The Bertz CT molecular complexity index is 1040. The number of urea groups is 1. The number of aromatic nitrogens is 1. The van der Waals surface area contributed by atoms with Crippen LogP contribution in [-0.4, -0.2) is 35.1 Å². The molecule has 4 rings (SSSR count). The SMILES string of the molecule is Cc1ccc(N2C(=O)NC(=O)/C(=C\c3cc(C)n(C[C@@H]4CCCO4)c3C)C2=O)cc1. The molecule has 2 saturated heterocycles. The molecule has 0 unspecified atom stereocenters. The molecule has 7 heteroatoms. The van der Waals surface area contributed by atoms with E-state index in [0.29, 0.717) is 5.69 Å². The third-order valence-corrected chi connectivity index (χ3v) is 5.72. The molecule has 2 fully saturated rings. The zero-order valence-corrected chi connectivity index (χ0v) is 17.4. The summed E-state index contributed by atoms with van der Waals surface area (Å²) in [5.74, 6) is -1.31. The third kappa shape index (κ3) is 3.68. The molecule has 3 heterocycles. The minimum absolute atomic E-state index is 0.0625. The molecule has 1 aromatic carbocycles. The fourth-order valence-electron chi connectivity index (χ4n) is 3.99. The van der Waals surface area contributed by atoms with Gasteiger partial charge >= 0.3 is 6.03 Å². The van der Waals surface area contributed by atoms with Gasteiger partial charge in [-0.25, -0.2) is 9.69 Å². The Kier molecular flexibility index (Phi) is 5.30. The van der Waals surface area contributed by atoms with E-state index in [1.807, 2.05) is 39.0 Å². The number of nitrogens with one attached hydrogen (secondary N) is 1. The Morgan fingerprint density at radius 1 is 1.13 bits per heavy atom. The minimum Gasteiger partial charge on any atom is -0.376 e. The first-order valence-corrected chi connectivity index (χ1v) is 10.1. The van der Waals surface area contributed by atoms with Crippen LogP contribution in [0.1, 0.15) is 35.4 Å². The number of hydrogen-bond acceptors (Lipinski definition) is 4. The van der Waals surface area contributed by atoms with Crippen LogP contribution in [0.15, 0.2) is 35.9 Å². The summed E-state index contributed by atoms with van der Waals surface area (Å²) in [4.78, 5) is 38.9. The predicted octanol–water partition coefficient (Wildman–Crippen LogP) is 3.26. The lowest BCUT2D eigenvalue weighted by molar-refractivity contribution is -0.122. The van der Waals surface area contributed by atoms with E-state index in [4.69, 9.17) is 4.74 Å². The van der Waals surface area contributed by atoms with Gasteiger partial charge in [-0.1, -0.05) is 17.7 Å². The summed E-state index contributed by atoms with van der Waals surface area (Å²) in [7, 11) is 0. The second-order valence-electron chi connectivity index (χ2n) is 7.87. The van der Waals surface area contributed by atoms with Gasteiger partial charge in [0.05, 0.1) is 11.8 Å². The van der Waals surface area contributed by atoms with Crippen LogP contribution in [0.5, 0.6) is 0 Å².